The van der Waals surface area contributed by atoms with E-state index in [4.69, 9.17) is 4.74 Å². The summed E-state index contributed by atoms with van der Waals surface area (Å²) in [6.45, 7) is 4.88. The minimum atomic E-state index is -0.840. The number of carbonyl (C=O) groups excluding carboxylic acids is 2. The first-order valence-corrected chi connectivity index (χ1v) is 34.3. The van der Waals surface area contributed by atoms with E-state index in [1.807, 2.05) is 6.08 Å². The van der Waals surface area contributed by atoms with Crippen LogP contribution in [0, 0.1) is 0 Å². The van der Waals surface area contributed by atoms with Gasteiger partial charge in [-0.25, -0.2) is 0 Å². The van der Waals surface area contributed by atoms with Crippen molar-refractivity contribution in [1.29, 1.82) is 0 Å². The number of amides is 1. The number of rotatable bonds is 64. The fourth-order valence-electron chi connectivity index (χ4n) is 10.7. The Balaban J connectivity index is 3.33. The fraction of sp³-hybridized carbons (Fsp3) is 0.886. The van der Waals surface area contributed by atoms with Crippen LogP contribution < -0.4 is 5.32 Å². The summed E-state index contributed by atoms with van der Waals surface area (Å²) in [5, 5.41) is 23.1. The third-order valence-electron chi connectivity index (χ3n) is 15.9. The van der Waals surface area contributed by atoms with Crippen LogP contribution >= 0.6 is 0 Å². The summed E-state index contributed by atoms with van der Waals surface area (Å²) in [6.07, 6.45) is 83.7. The SMILES string of the molecule is CCCC/C=C\C/C=C\CCCCCCCC(=O)OCCCCCCCCCCCCCCCCCCCCCCCCCCCCCCCCCCC(=O)NC(CO)C(O)/C=C/CCCCCCCCCCCCC. The van der Waals surface area contributed by atoms with E-state index in [1.54, 1.807) is 6.08 Å². The Hall–Kier alpha value is -1.92. The molecule has 6 heteroatoms. The number of aliphatic hydroxyl groups excluding tert-OH is 2. The summed E-state index contributed by atoms with van der Waals surface area (Å²) < 4.78 is 5.48. The second kappa shape index (κ2) is 65.6. The van der Waals surface area contributed by atoms with Gasteiger partial charge in [-0.05, 0) is 57.8 Å². The van der Waals surface area contributed by atoms with Gasteiger partial charge in [0, 0.05) is 12.8 Å². The first-order valence-electron chi connectivity index (χ1n) is 34.3. The number of nitrogens with one attached hydrogen (secondary N) is 1. The van der Waals surface area contributed by atoms with E-state index in [-0.39, 0.29) is 18.5 Å². The van der Waals surface area contributed by atoms with E-state index in [1.165, 1.54) is 295 Å². The van der Waals surface area contributed by atoms with Gasteiger partial charge < -0.3 is 20.3 Å². The summed E-state index contributed by atoms with van der Waals surface area (Å²) in [7, 11) is 0. The number of hydrogen-bond acceptors (Lipinski definition) is 5. The predicted octanol–water partition coefficient (Wildman–Crippen LogP) is 21.9. The number of aliphatic hydroxyl groups is 2. The molecular formula is C70H133NO5. The Morgan fingerprint density at radius 3 is 1.04 bits per heavy atom. The van der Waals surface area contributed by atoms with Crippen LogP contribution in [-0.4, -0.2) is 47.4 Å². The zero-order chi connectivity index (χ0) is 55.0. The highest BCUT2D eigenvalue weighted by Crippen LogP contribution is 2.19. The average Bonchev–Trinajstić information content (AvgIpc) is 3.42. The smallest absolute Gasteiger partial charge is 0.305 e. The second-order valence-corrected chi connectivity index (χ2v) is 23.5. The van der Waals surface area contributed by atoms with Gasteiger partial charge in [-0.3, -0.25) is 9.59 Å². The maximum atomic E-state index is 12.5. The Bertz CT molecular complexity index is 1230. The minimum absolute atomic E-state index is 0.00636. The molecule has 0 saturated carbocycles. The Kier molecular flexibility index (Phi) is 63.9. The van der Waals surface area contributed by atoms with Crippen molar-refractivity contribution in [3.63, 3.8) is 0 Å². The van der Waals surface area contributed by atoms with Crippen LogP contribution in [0.5, 0.6) is 0 Å². The highest BCUT2D eigenvalue weighted by molar-refractivity contribution is 5.76. The molecule has 0 aliphatic heterocycles. The average molecular weight is 1070 g/mol. The van der Waals surface area contributed by atoms with E-state index in [9.17, 15) is 19.8 Å². The predicted molar refractivity (Wildman–Crippen MR) is 333 cm³/mol. The van der Waals surface area contributed by atoms with Crippen molar-refractivity contribution >= 4 is 11.9 Å². The Morgan fingerprint density at radius 2 is 0.671 bits per heavy atom. The van der Waals surface area contributed by atoms with Crippen LogP contribution in [0.1, 0.15) is 373 Å². The van der Waals surface area contributed by atoms with Crippen LogP contribution in [0.3, 0.4) is 0 Å². The van der Waals surface area contributed by atoms with E-state index in [0.717, 1.165) is 51.4 Å². The lowest BCUT2D eigenvalue weighted by molar-refractivity contribution is -0.143. The molecule has 0 radical (unpaired) electrons. The van der Waals surface area contributed by atoms with Gasteiger partial charge in [-0.2, -0.15) is 0 Å². The normalized spacial score (nSPS) is 12.7. The van der Waals surface area contributed by atoms with Crippen LogP contribution in [0.4, 0.5) is 0 Å². The van der Waals surface area contributed by atoms with Crippen LogP contribution in [0.15, 0.2) is 36.5 Å². The number of carbonyl (C=O) groups is 2. The van der Waals surface area contributed by atoms with Gasteiger partial charge in [0.2, 0.25) is 5.91 Å². The lowest BCUT2D eigenvalue weighted by Crippen LogP contribution is -2.45. The molecule has 2 atom stereocenters. The molecule has 1 amide bonds. The van der Waals surface area contributed by atoms with Gasteiger partial charge in [0.05, 0.1) is 25.4 Å². The highest BCUT2D eigenvalue weighted by Gasteiger charge is 2.18. The quantitative estimate of drug-likeness (QED) is 0.0320. The van der Waals surface area contributed by atoms with Crippen molar-refractivity contribution in [3.8, 4) is 0 Å². The van der Waals surface area contributed by atoms with E-state index in [2.05, 4.69) is 43.5 Å². The van der Waals surface area contributed by atoms with Gasteiger partial charge in [-0.15, -0.1) is 0 Å². The lowest BCUT2D eigenvalue weighted by atomic mass is 10.0. The molecule has 2 unspecified atom stereocenters. The van der Waals surface area contributed by atoms with Crippen LogP contribution in [0.2, 0.25) is 0 Å². The van der Waals surface area contributed by atoms with Gasteiger partial charge in [-0.1, -0.05) is 339 Å². The summed E-state index contributed by atoms with van der Waals surface area (Å²) in [5.74, 6) is -0.0560. The minimum Gasteiger partial charge on any atom is -0.466 e. The van der Waals surface area contributed by atoms with E-state index < -0.39 is 12.1 Å². The van der Waals surface area contributed by atoms with Crippen molar-refractivity contribution < 1.29 is 24.5 Å². The molecule has 0 spiro atoms. The maximum Gasteiger partial charge on any atom is 0.305 e. The highest BCUT2D eigenvalue weighted by atomic mass is 16.5. The largest absolute Gasteiger partial charge is 0.466 e. The Labute approximate surface area is 474 Å². The van der Waals surface area contributed by atoms with Crippen molar-refractivity contribution in [2.45, 2.75) is 386 Å². The Morgan fingerprint density at radius 1 is 0.368 bits per heavy atom. The molecule has 448 valence electrons. The lowest BCUT2D eigenvalue weighted by Gasteiger charge is -2.20. The third kappa shape index (κ3) is 61.3. The number of allylic oxidation sites excluding steroid dienone is 5. The van der Waals surface area contributed by atoms with Crippen molar-refractivity contribution in [2.75, 3.05) is 13.2 Å². The van der Waals surface area contributed by atoms with E-state index in [0.29, 0.717) is 19.4 Å². The monoisotopic (exact) mass is 1070 g/mol. The molecule has 0 aromatic heterocycles. The molecule has 0 saturated heterocycles. The molecule has 0 aliphatic carbocycles. The molecule has 0 aromatic carbocycles. The molecule has 76 heavy (non-hydrogen) atoms. The standard InChI is InChI=1S/C70H133NO5/c1-3-5-7-9-11-13-15-17-40-44-48-52-56-60-64-70(75)76-65-61-57-53-49-45-41-37-35-33-31-29-27-25-23-21-19-18-20-22-24-26-28-30-32-34-36-39-43-47-51-55-59-63-69(74)71-67(66-72)68(73)62-58-54-50-46-42-38-16-14-12-10-8-6-4-2/h9,11,15,17,58,62,67-68,72-73H,3-8,10,12-14,16,18-57,59-61,63-66H2,1-2H3,(H,71,74)/b11-9-,17-15-,62-58+. The zero-order valence-electron chi connectivity index (χ0n) is 51.3. The topological polar surface area (TPSA) is 95.9 Å². The van der Waals surface area contributed by atoms with Crippen LogP contribution in [-0.2, 0) is 14.3 Å². The molecule has 0 aliphatic rings. The van der Waals surface area contributed by atoms with Gasteiger partial charge >= 0.3 is 5.97 Å². The number of ether oxygens (including phenoxy) is 1. The molecule has 0 bridgehead atoms. The molecule has 6 nitrogen and oxygen atoms in total. The summed E-state index contributed by atoms with van der Waals surface area (Å²) in [6, 6.07) is -0.623. The summed E-state index contributed by atoms with van der Waals surface area (Å²) in [5.41, 5.74) is 0. The first kappa shape index (κ1) is 74.1. The van der Waals surface area contributed by atoms with Gasteiger partial charge in [0.15, 0.2) is 0 Å². The fourth-order valence-corrected chi connectivity index (χ4v) is 10.7. The number of unbranched alkanes of at least 4 members (excludes halogenated alkanes) is 49. The van der Waals surface area contributed by atoms with Crippen molar-refractivity contribution in [1.82, 2.24) is 5.32 Å². The number of hydrogen-bond donors (Lipinski definition) is 3. The summed E-state index contributed by atoms with van der Waals surface area (Å²) in [4.78, 5) is 24.5. The molecule has 0 heterocycles. The summed E-state index contributed by atoms with van der Waals surface area (Å²) >= 11 is 0. The second-order valence-electron chi connectivity index (χ2n) is 23.5. The van der Waals surface area contributed by atoms with Crippen LogP contribution in [0.25, 0.3) is 0 Å². The zero-order valence-corrected chi connectivity index (χ0v) is 51.3. The maximum absolute atomic E-state index is 12.5. The van der Waals surface area contributed by atoms with Crippen molar-refractivity contribution in [3.05, 3.63) is 36.5 Å². The van der Waals surface area contributed by atoms with Crippen molar-refractivity contribution in [2.24, 2.45) is 0 Å². The third-order valence-corrected chi connectivity index (χ3v) is 15.9. The first-order chi connectivity index (χ1) is 37.5. The van der Waals surface area contributed by atoms with E-state index >= 15 is 0 Å². The molecule has 0 fully saturated rings. The number of esters is 1. The molecule has 0 aromatic rings. The molecule has 3 N–H and O–H groups in total. The van der Waals surface area contributed by atoms with Gasteiger partial charge in [0.1, 0.15) is 0 Å². The van der Waals surface area contributed by atoms with Gasteiger partial charge in [0.25, 0.3) is 0 Å². The molecule has 0 rings (SSSR count). The molecular weight excluding hydrogens is 935 g/mol.